The first-order valence-corrected chi connectivity index (χ1v) is 7.87. The largest absolute Gasteiger partial charge is 0.490 e. The molecule has 0 radical (unpaired) electrons. The van der Waals surface area contributed by atoms with Gasteiger partial charge < -0.3 is 18.9 Å². The van der Waals surface area contributed by atoms with Crippen molar-refractivity contribution in [2.24, 2.45) is 7.05 Å². The highest BCUT2D eigenvalue weighted by atomic mass is 19.1. The molecular formula is C18H21FN2O3. The van der Waals surface area contributed by atoms with E-state index >= 15 is 0 Å². The molecule has 0 bridgehead atoms. The van der Waals surface area contributed by atoms with E-state index < -0.39 is 5.60 Å². The second-order valence-corrected chi connectivity index (χ2v) is 6.11. The van der Waals surface area contributed by atoms with Crippen molar-refractivity contribution in [3.8, 4) is 5.75 Å². The Bertz CT molecular complexity index is 731. The van der Waals surface area contributed by atoms with Crippen LogP contribution >= 0.6 is 0 Å². The van der Waals surface area contributed by atoms with Crippen molar-refractivity contribution < 1.29 is 18.7 Å². The third-order valence-electron chi connectivity index (χ3n) is 4.50. The average molecular weight is 332 g/mol. The third-order valence-corrected chi connectivity index (χ3v) is 4.50. The van der Waals surface area contributed by atoms with E-state index in [9.17, 15) is 9.18 Å². The summed E-state index contributed by atoms with van der Waals surface area (Å²) in [6.45, 7) is 1.32. The Morgan fingerprint density at radius 3 is 2.83 bits per heavy atom. The summed E-state index contributed by atoms with van der Waals surface area (Å²) in [6, 6.07) is 9.66. The Morgan fingerprint density at radius 2 is 2.17 bits per heavy atom. The zero-order chi connectivity index (χ0) is 17.2. The molecule has 1 aliphatic rings. The Kier molecular flexibility index (Phi) is 4.57. The van der Waals surface area contributed by atoms with Crippen molar-refractivity contribution in [3.05, 3.63) is 54.1 Å². The smallest absolute Gasteiger partial charge is 0.270 e. The van der Waals surface area contributed by atoms with Crippen LogP contribution in [0.25, 0.3) is 0 Å². The van der Waals surface area contributed by atoms with E-state index in [4.69, 9.17) is 9.47 Å². The summed E-state index contributed by atoms with van der Waals surface area (Å²) < 4.78 is 26.4. The fourth-order valence-electron chi connectivity index (χ4n) is 2.98. The highest BCUT2D eigenvalue weighted by molar-refractivity contribution is 5.93. The van der Waals surface area contributed by atoms with E-state index in [0.29, 0.717) is 31.0 Å². The average Bonchev–Trinajstić information content (AvgIpc) is 3.20. The summed E-state index contributed by atoms with van der Waals surface area (Å²) in [5.74, 6) is 0.0942. The summed E-state index contributed by atoms with van der Waals surface area (Å²) in [5.41, 5.74) is 0.0700. The first-order valence-electron chi connectivity index (χ1n) is 7.87. The Morgan fingerprint density at radius 1 is 1.33 bits per heavy atom. The minimum Gasteiger partial charge on any atom is -0.490 e. The van der Waals surface area contributed by atoms with Crippen LogP contribution in [0.2, 0.25) is 0 Å². The normalized spacial score (nSPS) is 20.4. The molecule has 6 heteroatoms. The SMILES string of the molecule is CO[C@@]1(COc2cccc(F)c2)CCN(C(=O)c2cccn2C)C1. The highest BCUT2D eigenvalue weighted by Gasteiger charge is 2.41. The number of aromatic nitrogens is 1. The number of rotatable bonds is 5. The van der Waals surface area contributed by atoms with E-state index in [1.54, 1.807) is 34.8 Å². The van der Waals surface area contributed by atoms with Crippen LogP contribution in [-0.2, 0) is 11.8 Å². The minimum atomic E-state index is -0.576. The molecule has 1 saturated heterocycles. The molecule has 2 aromatic rings. The monoisotopic (exact) mass is 332 g/mol. The van der Waals surface area contributed by atoms with Gasteiger partial charge in [-0.05, 0) is 30.7 Å². The van der Waals surface area contributed by atoms with Crippen molar-refractivity contribution in [1.82, 2.24) is 9.47 Å². The van der Waals surface area contributed by atoms with E-state index in [1.165, 1.54) is 12.1 Å². The Balaban J connectivity index is 1.66. The van der Waals surface area contributed by atoms with Crippen molar-refractivity contribution in [2.75, 3.05) is 26.8 Å². The molecule has 1 atom stereocenters. The van der Waals surface area contributed by atoms with Gasteiger partial charge in [-0.3, -0.25) is 4.79 Å². The van der Waals surface area contributed by atoms with Crippen molar-refractivity contribution in [3.63, 3.8) is 0 Å². The van der Waals surface area contributed by atoms with Crippen LogP contribution in [0.4, 0.5) is 4.39 Å². The summed E-state index contributed by atoms with van der Waals surface area (Å²) in [5, 5.41) is 0. The number of nitrogens with zero attached hydrogens (tertiary/aromatic N) is 2. The van der Waals surface area contributed by atoms with E-state index in [1.807, 2.05) is 19.3 Å². The van der Waals surface area contributed by atoms with Crippen LogP contribution < -0.4 is 4.74 Å². The Hall–Kier alpha value is -2.34. The van der Waals surface area contributed by atoms with E-state index in [0.717, 1.165) is 0 Å². The molecule has 0 N–H and O–H groups in total. The van der Waals surface area contributed by atoms with Gasteiger partial charge in [0.25, 0.3) is 5.91 Å². The summed E-state index contributed by atoms with van der Waals surface area (Å²) in [6.07, 6.45) is 2.52. The lowest BCUT2D eigenvalue weighted by atomic mass is 10.0. The molecule has 0 spiro atoms. The van der Waals surface area contributed by atoms with Gasteiger partial charge in [0.2, 0.25) is 0 Å². The van der Waals surface area contributed by atoms with Crippen LogP contribution in [-0.4, -0.2) is 47.8 Å². The standard InChI is InChI=1S/C18H21FN2O3/c1-20-9-4-7-16(20)17(22)21-10-8-18(12-21,23-2)13-24-15-6-3-5-14(19)11-15/h3-7,9,11H,8,10,12-13H2,1-2H3/t18-/m0/s1. The van der Waals surface area contributed by atoms with Gasteiger partial charge in [-0.15, -0.1) is 0 Å². The fourth-order valence-corrected chi connectivity index (χ4v) is 2.98. The second-order valence-electron chi connectivity index (χ2n) is 6.11. The molecule has 24 heavy (non-hydrogen) atoms. The molecule has 1 amide bonds. The number of likely N-dealkylation sites (tertiary alicyclic amines) is 1. The van der Waals surface area contributed by atoms with Crippen molar-refractivity contribution >= 4 is 5.91 Å². The number of halogens is 1. The summed E-state index contributed by atoms with van der Waals surface area (Å²) in [7, 11) is 3.46. The zero-order valence-electron chi connectivity index (χ0n) is 13.9. The maximum absolute atomic E-state index is 13.2. The van der Waals surface area contributed by atoms with Crippen LogP contribution in [0.15, 0.2) is 42.6 Å². The van der Waals surface area contributed by atoms with Gasteiger partial charge in [0.15, 0.2) is 0 Å². The lowest BCUT2D eigenvalue weighted by molar-refractivity contribution is -0.0343. The number of amides is 1. The Labute approximate surface area is 140 Å². The van der Waals surface area contributed by atoms with Crippen molar-refractivity contribution in [1.29, 1.82) is 0 Å². The topological polar surface area (TPSA) is 43.7 Å². The van der Waals surface area contributed by atoms with Gasteiger partial charge >= 0.3 is 0 Å². The number of hydrogen-bond acceptors (Lipinski definition) is 3. The molecular weight excluding hydrogens is 311 g/mol. The minimum absolute atomic E-state index is 0.0211. The lowest BCUT2D eigenvalue weighted by Crippen LogP contribution is -2.42. The van der Waals surface area contributed by atoms with E-state index in [2.05, 4.69) is 0 Å². The van der Waals surface area contributed by atoms with Crippen LogP contribution in [0.3, 0.4) is 0 Å². The molecule has 5 nitrogen and oxygen atoms in total. The number of aryl methyl sites for hydroxylation is 1. The van der Waals surface area contributed by atoms with Crippen LogP contribution in [0.1, 0.15) is 16.9 Å². The van der Waals surface area contributed by atoms with Crippen LogP contribution in [0, 0.1) is 5.82 Å². The van der Waals surface area contributed by atoms with Gasteiger partial charge in [0, 0.05) is 33.0 Å². The molecule has 1 aromatic carbocycles. The fraction of sp³-hybridized carbons (Fsp3) is 0.389. The molecule has 0 aliphatic carbocycles. The first kappa shape index (κ1) is 16.5. The van der Waals surface area contributed by atoms with E-state index in [-0.39, 0.29) is 18.3 Å². The molecule has 3 rings (SSSR count). The maximum atomic E-state index is 13.2. The van der Waals surface area contributed by atoms with Gasteiger partial charge in [0.1, 0.15) is 29.5 Å². The number of carbonyl (C=O) groups excluding carboxylic acids is 1. The molecule has 0 unspecified atom stereocenters. The second kappa shape index (κ2) is 6.65. The molecule has 128 valence electrons. The molecule has 2 heterocycles. The number of carbonyl (C=O) groups is 1. The molecule has 1 fully saturated rings. The lowest BCUT2D eigenvalue weighted by Gasteiger charge is -2.28. The number of methoxy groups -OCH3 is 1. The van der Waals surface area contributed by atoms with Gasteiger partial charge in [-0.1, -0.05) is 6.07 Å². The van der Waals surface area contributed by atoms with Crippen molar-refractivity contribution in [2.45, 2.75) is 12.0 Å². The third kappa shape index (κ3) is 3.28. The van der Waals surface area contributed by atoms with Crippen LogP contribution in [0.5, 0.6) is 5.75 Å². The number of benzene rings is 1. The number of ether oxygens (including phenoxy) is 2. The van der Waals surface area contributed by atoms with Gasteiger partial charge in [-0.2, -0.15) is 0 Å². The predicted octanol–water partition coefficient (Wildman–Crippen LogP) is 2.47. The first-order chi connectivity index (χ1) is 11.5. The molecule has 1 aliphatic heterocycles. The predicted molar refractivity (Wildman–Crippen MR) is 87.6 cm³/mol. The zero-order valence-corrected chi connectivity index (χ0v) is 13.9. The maximum Gasteiger partial charge on any atom is 0.270 e. The van der Waals surface area contributed by atoms with Gasteiger partial charge in [0.05, 0.1) is 6.54 Å². The number of hydrogen-bond donors (Lipinski definition) is 0. The van der Waals surface area contributed by atoms with Gasteiger partial charge in [-0.25, -0.2) is 4.39 Å². The molecule has 0 saturated carbocycles. The molecule has 1 aromatic heterocycles. The quantitative estimate of drug-likeness (QED) is 0.845. The highest BCUT2D eigenvalue weighted by Crippen LogP contribution is 2.27. The summed E-state index contributed by atoms with van der Waals surface area (Å²) >= 11 is 0. The summed E-state index contributed by atoms with van der Waals surface area (Å²) in [4.78, 5) is 14.4.